The van der Waals surface area contributed by atoms with Crippen LogP contribution in [0.1, 0.15) is 54.7 Å². The summed E-state index contributed by atoms with van der Waals surface area (Å²) in [6, 6.07) is 2.13. The number of halogens is 1. The number of hydrogen-bond acceptors (Lipinski definition) is 5. The summed E-state index contributed by atoms with van der Waals surface area (Å²) in [7, 11) is 0. The lowest BCUT2D eigenvalue weighted by atomic mass is 9.90. The van der Waals surface area contributed by atoms with Crippen LogP contribution in [0.2, 0.25) is 0 Å². The number of rotatable bonds is 13. The van der Waals surface area contributed by atoms with Crippen molar-refractivity contribution in [3.63, 3.8) is 0 Å². The first-order valence-electron chi connectivity index (χ1n) is 11.2. The molecule has 31 heavy (non-hydrogen) atoms. The van der Waals surface area contributed by atoms with Gasteiger partial charge in [0.05, 0.1) is 18.8 Å². The minimum Gasteiger partial charge on any atom is -0.395 e. The van der Waals surface area contributed by atoms with Gasteiger partial charge in [0.1, 0.15) is 0 Å². The lowest BCUT2D eigenvalue weighted by Gasteiger charge is -2.18. The fourth-order valence-corrected chi connectivity index (χ4v) is 5.60. The van der Waals surface area contributed by atoms with Crippen molar-refractivity contribution < 1.29 is 20.1 Å². The van der Waals surface area contributed by atoms with E-state index in [2.05, 4.69) is 52.5 Å². The van der Waals surface area contributed by atoms with Crippen molar-refractivity contribution in [2.75, 3.05) is 13.2 Å². The lowest BCUT2D eigenvalue weighted by molar-refractivity contribution is -0.121. The first kappa shape index (κ1) is 26.3. The topological polar surface area (TPSA) is 89.8 Å². The maximum absolute atomic E-state index is 11.5. The molecule has 1 heterocycles. The van der Waals surface area contributed by atoms with Crippen LogP contribution in [-0.4, -0.2) is 46.6 Å². The van der Waals surface area contributed by atoms with Gasteiger partial charge in [0.15, 0.2) is 0 Å². The van der Waals surface area contributed by atoms with Crippen LogP contribution in [0, 0.1) is 18.8 Å². The number of thiophene rings is 1. The molecule has 1 aromatic heterocycles. The average Bonchev–Trinajstić information content (AvgIpc) is 3.26. The van der Waals surface area contributed by atoms with Crippen LogP contribution < -0.4 is 5.32 Å². The Bertz CT molecular complexity index is 714. The van der Waals surface area contributed by atoms with Gasteiger partial charge in [-0.15, -0.1) is 11.3 Å². The van der Waals surface area contributed by atoms with Crippen LogP contribution in [0.3, 0.4) is 0 Å². The van der Waals surface area contributed by atoms with E-state index in [1.54, 1.807) is 11.3 Å². The average molecular weight is 515 g/mol. The highest BCUT2D eigenvalue weighted by Crippen LogP contribution is 2.36. The fraction of sp³-hybridized carbons (Fsp3) is 0.625. The van der Waals surface area contributed by atoms with Gasteiger partial charge < -0.3 is 20.6 Å². The van der Waals surface area contributed by atoms with Gasteiger partial charge in [-0.2, -0.15) is 0 Å². The van der Waals surface area contributed by atoms with Crippen molar-refractivity contribution in [2.45, 2.75) is 70.5 Å². The van der Waals surface area contributed by atoms with Crippen LogP contribution in [0.15, 0.2) is 34.8 Å². The van der Waals surface area contributed by atoms with Crippen molar-refractivity contribution in [1.29, 1.82) is 0 Å². The first-order valence-corrected chi connectivity index (χ1v) is 12.8. The standard InChI is InChI=1S/C24H36BrNO4S/c1-17-22(25)16-20(31-17)12-11-19(28)10-8-18-9-13-23(29)21(18)6-4-2-3-5-7-24(30)26-14-15-27/h2,4,8,10,16,18-19,21,23,27-29H,3,5-7,9,11-15H2,1H3,(H,26,30)/t18-,19+,21+,23?/m0/s1. The van der Waals surface area contributed by atoms with E-state index < -0.39 is 6.10 Å². The van der Waals surface area contributed by atoms with Crippen LogP contribution in [0.25, 0.3) is 0 Å². The second-order valence-corrected chi connectivity index (χ2v) is 10.4. The smallest absolute Gasteiger partial charge is 0.220 e. The molecule has 7 heteroatoms. The molecule has 0 bridgehead atoms. The van der Waals surface area contributed by atoms with E-state index in [9.17, 15) is 15.0 Å². The van der Waals surface area contributed by atoms with Gasteiger partial charge >= 0.3 is 0 Å². The van der Waals surface area contributed by atoms with Crippen molar-refractivity contribution in [2.24, 2.45) is 11.8 Å². The maximum atomic E-state index is 11.5. The zero-order chi connectivity index (χ0) is 22.6. The summed E-state index contributed by atoms with van der Waals surface area (Å²) in [4.78, 5) is 14.0. The Hall–Kier alpha value is -0.990. The predicted octanol–water partition coefficient (Wildman–Crippen LogP) is 4.28. The minimum absolute atomic E-state index is 0.0285. The fourth-order valence-electron chi connectivity index (χ4n) is 3.98. The van der Waals surface area contributed by atoms with Gasteiger partial charge in [-0.05, 0) is 85.7 Å². The van der Waals surface area contributed by atoms with Gasteiger partial charge in [-0.25, -0.2) is 0 Å². The number of allylic oxidation sites excluding steroid dienone is 3. The molecule has 174 valence electrons. The highest BCUT2D eigenvalue weighted by atomic mass is 79.9. The minimum atomic E-state index is -0.466. The van der Waals surface area contributed by atoms with E-state index in [1.165, 1.54) is 9.75 Å². The predicted molar refractivity (Wildman–Crippen MR) is 130 cm³/mol. The highest BCUT2D eigenvalue weighted by Gasteiger charge is 2.32. The van der Waals surface area contributed by atoms with Crippen LogP contribution in [0.4, 0.5) is 0 Å². The van der Waals surface area contributed by atoms with E-state index in [1.807, 2.05) is 6.08 Å². The van der Waals surface area contributed by atoms with E-state index in [0.29, 0.717) is 19.4 Å². The van der Waals surface area contributed by atoms with Gasteiger partial charge in [-0.3, -0.25) is 4.79 Å². The molecule has 2 rings (SSSR count). The molecular weight excluding hydrogens is 478 g/mol. The zero-order valence-corrected chi connectivity index (χ0v) is 20.7. The summed E-state index contributed by atoms with van der Waals surface area (Å²) in [5.41, 5.74) is 0. The zero-order valence-electron chi connectivity index (χ0n) is 18.3. The Morgan fingerprint density at radius 1 is 1.39 bits per heavy atom. The third kappa shape index (κ3) is 9.58. The van der Waals surface area contributed by atoms with E-state index in [0.717, 1.165) is 43.0 Å². The number of carbonyl (C=O) groups is 1. The Labute approximate surface area is 198 Å². The van der Waals surface area contributed by atoms with Crippen molar-refractivity contribution in [3.8, 4) is 0 Å². The number of aryl methyl sites for hydroxylation is 2. The molecule has 1 fully saturated rings. The van der Waals surface area contributed by atoms with Crippen molar-refractivity contribution >= 4 is 33.2 Å². The number of unbranched alkanes of at least 4 members (excludes halogenated alkanes) is 1. The molecule has 1 amide bonds. The SMILES string of the molecule is Cc1sc(CC[C@H](O)C=C[C@H]2CCC(O)[C@@H]2CC=CCCCC(=O)NCCO)cc1Br. The normalized spacial score (nSPS) is 22.5. The molecule has 5 nitrogen and oxygen atoms in total. The molecule has 1 unspecified atom stereocenters. The molecule has 0 aromatic carbocycles. The number of carbonyl (C=O) groups excluding carboxylic acids is 1. The molecule has 1 aliphatic carbocycles. The highest BCUT2D eigenvalue weighted by molar-refractivity contribution is 9.10. The van der Waals surface area contributed by atoms with Crippen LogP contribution in [0.5, 0.6) is 0 Å². The molecule has 0 radical (unpaired) electrons. The van der Waals surface area contributed by atoms with Gasteiger partial charge in [0, 0.05) is 27.2 Å². The van der Waals surface area contributed by atoms with Gasteiger partial charge in [-0.1, -0.05) is 24.3 Å². The lowest BCUT2D eigenvalue weighted by Crippen LogP contribution is -2.25. The van der Waals surface area contributed by atoms with E-state index in [-0.39, 0.29) is 30.5 Å². The monoisotopic (exact) mass is 513 g/mol. The molecule has 4 N–H and O–H groups in total. The molecule has 0 saturated heterocycles. The summed E-state index contributed by atoms with van der Waals surface area (Å²) < 4.78 is 1.14. The number of aliphatic hydroxyl groups excluding tert-OH is 3. The molecule has 1 saturated carbocycles. The Morgan fingerprint density at radius 2 is 2.19 bits per heavy atom. The first-order chi connectivity index (χ1) is 14.9. The number of amides is 1. The Morgan fingerprint density at radius 3 is 2.90 bits per heavy atom. The molecule has 1 aliphatic rings. The van der Waals surface area contributed by atoms with Crippen molar-refractivity contribution in [3.05, 3.63) is 44.6 Å². The molecule has 1 aromatic rings. The second kappa shape index (κ2) is 14.2. The summed E-state index contributed by atoms with van der Waals surface area (Å²) in [5.74, 6) is 0.444. The molecule has 4 atom stereocenters. The van der Waals surface area contributed by atoms with E-state index >= 15 is 0 Å². The van der Waals surface area contributed by atoms with Crippen LogP contribution >= 0.6 is 27.3 Å². The third-order valence-electron chi connectivity index (χ3n) is 5.80. The van der Waals surface area contributed by atoms with Crippen molar-refractivity contribution in [1.82, 2.24) is 5.32 Å². The maximum Gasteiger partial charge on any atom is 0.220 e. The molecule has 0 spiro atoms. The largest absolute Gasteiger partial charge is 0.395 e. The van der Waals surface area contributed by atoms with E-state index in [4.69, 9.17) is 5.11 Å². The quantitative estimate of drug-likeness (QED) is 0.234. The number of aliphatic hydroxyl groups is 3. The second-order valence-electron chi connectivity index (χ2n) is 8.25. The Balaban J connectivity index is 1.71. The Kier molecular flexibility index (Phi) is 12.0. The molecular formula is C24H36BrNO4S. The number of hydrogen-bond donors (Lipinski definition) is 4. The summed E-state index contributed by atoms with van der Waals surface area (Å²) in [6.07, 6.45) is 13.6. The van der Waals surface area contributed by atoms with Gasteiger partial charge in [0.2, 0.25) is 5.91 Å². The third-order valence-corrected chi connectivity index (χ3v) is 8.00. The summed E-state index contributed by atoms with van der Waals surface area (Å²) >= 11 is 5.30. The van der Waals surface area contributed by atoms with Gasteiger partial charge in [0.25, 0.3) is 0 Å². The summed E-state index contributed by atoms with van der Waals surface area (Å²) in [6.45, 7) is 2.36. The number of nitrogens with one attached hydrogen (secondary N) is 1. The molecule has 0 aliphatic heterocycles. The van der Waals surface area contributed by atoms with Crippen LogP contribution in [-0.2, 0) is 11.2 Å². The summed E-state index contributed by atoms with van der Waals surface area (Å²) in [5, 5.41) is 32.0.